The number of aryl methyl sites for hydroxylation is 2. The summed E-state index contributed by atoms with van der Waals surface area (Å²) in [4.78, 5) is 28.8. The van der Waals surface area contributed by atoms with E-state index in [0.29, 0.717) is 11.2 Å². The first-order chi connectivity index (χ1) is 10.9. The van der Waals surface area contributed by atoms with Gasteiger partial charge in [0.15, 0.2) is 16.7 Å². The minimum absolute atomic E-state index is 0.0778. The molecule has 0 aliphatic heterocycles. The van der Waals surface area contributed by atoms with Gasteiger partial charge >= 0.3 is 5.69 Å². The molecule has 0 amide bonds. The van der Waals surface area contributed by atoms with Gasteiger partial charge in [-0.1, -0.05) is 0 Å². The molecule has 0 saturated heterocycles. The van der Waals surface area contributed by atoms with Crippen LogP contribution in [-0.4, -0.2) is 65.9 Å². The second-order valence-electron chi connectivity index (χ2n) is 5.66. The lowest BCUT2D eigenvalue weighted by molar-refractivity contribution is -0.733. The highest BCUT2D eigenvalue weighted by Crippen LogP contribution is 2.02. The number of aromatic nitrogens is 4. The van der Waals surface area contributed by atoms with Gasteiger partial charge in [-0.3, -0.25) is 13.9 Å². The number of nitrogens with zero attached hydrogens (tertiary/aromatic N) is 4. The Morgan fingerprint density at radius 2 is 1.78 bits per heavy atom. The van der Waals surface area contributed by atoms with Crippen LogP contribution in [0.4, 0.5) is 0 Å². The highest BCUT2D eigenvalue weighted by atomic mass is 16.3. The summed E-state index contributed by atoms with van der Waals surface area (Å²) < 4.78 is 3.93. The van der Waals surface area contributed by atoms with E-state index in [4.69, 9.17) is 0 Å². The molecule has 0 radical (unpaired) electrons. The summed E-state index contributed by atoms with van der Waals surface area (Å²) in [5.41, 5.74) is -1.43. The minimum atomic E-state index is -1.13. The van der Waals surface area contributed by atoms with E-state index in [1.54, 1.807) is 11.6 Å². The van der Waals surface area contributed by atoms with Crippen molar-refractivity contribution in [2.75, 3.05) is 26.4 Å². The number of fused-ring (bicyclic) bond motifs is 1. The first-order valence-electron chi connectivity index (χ1n) is 7.18. The quantitative estimate of drug-likeness (QED) is 0.406. The molecule has 0 fully saturated rings. The molecule has 2 heterocycles. The lowest BCUT2D eigenvalue weighted by atomic mass is 10.0. The molecule has 23 heavy (non-hydrogen) atoms. The number of aliphatic hydroxyl groups excluding tert-OH is 3. The summed E-state index contributed by atoms with van der Waals surface area (Å²) in [6.45, 7) is -0.955. The number of aliphatic hydroxyl groups is 3. The van der Waals surface area contributed by atoms with Crippen LogP contribution in [0.15, 0.2) is 15.9 Å². The first-order valence-corrected chi connectivity index (χ1v) is 7.18. The van der Waals surface area contributed by atoms with Gasteiger partial charge in [0.05, 0.1) is 19.4 Å². The molecule has 2 aromatic heterocycles. The van der Waals surface area contributed by atoms with Crippen molar-refractivity contribution >= 4 is 11.2 Å². The smallest absolute Gasteiger partial charge is 0.332 e. The Morgan fingerprint density at radius 1 is 1.17 bits per heavy atom. The van der Waals surface area contributed by atoms with Crippen LogP contribution in [-0.2, 0) is 20.6 Å². The van der Waals surface area contributed by atoms with Crippen molar-refractivity contribution in [3.63, 3.8) is 0 Å². The van der Waals surface area contributed by atoms with E-state index in [1.807, 2.05) is 0 Å². The van der Waals surface area contributed by atoms with Gasteiger partial charge in [0, 0.05) is 14.1 Å². The molecule has 0 saturated carbocycles. The van der Waals surface area contributed by atoms with Gasteiger partial charge in [0.2, 0.25) is 0 Å². The molecule has 0 aliphatic rings. The van der Waals surface area contributed by atoms with E-state index >= 15 is 0 Å². The van der Waals surface area contributed by atoms with Gasteiger partial charge < -0.3 is 25.2 Å². The molecule has 0 atom stereocenters. The highest BCUT2D eigenvalue weighted by molar-refractivity contribution is 5.69. The second-order valence-corrected chi connectivity index (χ2v) is 5.66. The van der Waals surface area contributed by atoms with E-state index in [-0.39, 0.29) is 13.1 Å². The Bertz CT molecular complexity index is 793. The number of quaternary nitrogens is 1. The number of hydrogen-bond donors (Lipinski definition) is 4. The maximum absolute atomic E-state index is 12.5. The van der Waals surface area contributed by atoms with Gasteiger partial charge in [0.25, 0.3) is 5.56 Å². The molecule has 5 N–H and O–H groups in total. The predicted molar refractivity (Wildman–Crippen MR) is 81.0 cm³/mol. The summed E-state index contributed by atoms with van der Waals surface area (Å²) in [5.74, 6) is 0. The zero-order chi connectivity index (χ0) is 17.2. The van der Waals surface area contributed by atoms with Gasteiger partial charge in [-0.2, -0.15) is 0 Å². The third-order valence-electron chi connectivity index (χ3n) is 4.08. The molecule has 2 aromatic rings. The molecule has 128 valence electrons. The summed E-state index contributed by atoms with van der Waals surface area (Å²) in [5, 5.41) is 29.4. The Kier molecular flexibility index (Phi) is 5.00. The van der Waals surface area contributed by atoms with Gasteiger partial charge in [0.1, 0.15) is 19.8 Å². The Balaban J connectivity index is 2.33. The van der Waals surface area contributed by atoms with Crippen molar-refractivity contribution < 1.29 is 20.6 Å². The normalized spacial score (nSPS) is 12.2. The molecule has 10 heteroatoms. The molecule has 0 unspecified atom stereocenters. The number of hydrogen-bond acceptors (Lipinski definition) is 6. The zero-order valence-corrected chi connectivity index (χ0v) is 13.1. The molecule has 0 aliphatic carbocycles. The third kappa shape index (κ3) is 2.93. The Hall–Kier alpha value is -2.01. The van der Waals surface area contributed by atoms with Crippen LogP contribution in [0.5, 0.6) is 0 Å². The summed E-state index contributed by atoms with van der Waals surface area (Å²) in [6, 6.07) is 0. The SMILES string of the molecule is Cn1cnc2c1c(=O)n(CC[NH2+]C(CO)(CO)CO)c(=O)n2C. The maximum Gasteiger partial charge on any atom is 0.332 e. The average Bonchev–Trinajstić information content (AvgIpc) is 2.95. The summed E-state index contributed by atoms with van der Waals surface area (Å²) in [7, 11) is 3.21. The van der Waals surface area contributed by atoms with Crippen LogP contribution in [0.3, 0.4) is 0 Å². The molecule has 0 spiro atoms. The van der Waals surface area contributed by atoms with Crippen molar-refractivity contribution in [2.45, 2.75) is 12.1 Å². The Labute approximate surface area is 131 Å². The fourth-order valence-corrected chi connectivity index (χ4v) is 2.44. The molecule has 0 aromatic carbocycles. The fraction of sp³-hybridized carbons (Fsp3) is 0.615. The van der Waals surface area contributed by atoms with Gasteiger partial charge in [-0.15, -0.1) is 0 Å². The summed E-state index contributed by atoms with van der Waals surface area (Å²) in [6.07, 6.45) is 1.47. The topological polar surface area (TPSA) is 139 Å². The fourth-order valence-electron chi connectivity index (χ4n) is 2.44. The molecular weight excluding hydrogens is 306 g/mol. The lowest BCUT2D eigenvalue weighted by Crippen LogP contribution is -3.00. The van der Waals surface area contributed by atoms with E-state index < -0.39 is 36.6 Å². The average molecular weight is 328 g/mol. The standard InChI is InChI=1S/C13H21N5O5/c1-16-8-14-10-9(16)11(22)18(12(23)17(10)2)4-3-15-13(5-19,6-20)7-21/h8,15,19-21H,3-7H2,1-2H3/p+1. The monoisotopic (exact) mass is 328 g/mol. The molecule has 10 nitrogen and oxygen atoms in total. The van der Waals surface area contributed by atoms with E-state index in [0.717, 1.165) is 4.57 Å². The van der Waals surface area contributed by atoms with Crippen LogP contribution in [0.2, 0.25) is 0 Å². The third-order valence-corrected chi connectivity index (χ3v) is 4.08. The van der Waals surface area contributed by atoms with Crippen LogP contribution < -0.4 is 16.6 Å². The molecule has 0 bridgehead atoms. The second kappa shape index (κ2) is 6.62. The van der Waals surface area contributed by atoms with Crippen LogP contribution in [0, 0.1) is 0 Å². The number of rotatable bonds is 7. The van der Waals surface area contributed by atoms with Crippen molar-refractivity contribution in [1.82, 2.24) is 18.7 Å². The van der Waals surface area contributed by atoms with E-state index in [9.17, 15) is 24.9 Å². The highest BCUT2D eigenvalue weighted by Gasteiger charge is 2.31. The van der Waals surface area contributed by atoms with Gasteiger partial charge in [-0.05, 0) is 0 Å². The first kappa shape index (κ1) is 17.3. The number of nitrogens with two attached hydrogens (primary N) is 1. The van der Waals surface area contributed by atoms with Crippen molar-refractivity contribution in [1.29, 1.82) is 0 Å². The van der Waals surface area contributed by atoms with Crippen molar-refractivity contribution in [3.8, 4) is 0 Å². The molecular formula is C13H22N5O5+. The van der Waals surface area contributed by atoms with E-state index in [1.165, 1.54) is 23.3 Å². The van der Waals surface area contributed by atoms with E-state index in [2.05, 4.69) is 4.98 Å². The Morgan fingerprint density at radius 3 is 2.35 bits per heavy atom. The predicted octanol–water partition coefficient (Wildman–Crippen LogP) is -4.29. The largest absolute Gasteiger partial charge is 0.390 e. The number of imidazole rings is 1. The van der Waals surface area contributed by atoms with Gasteiger partial charge in [-0.25, -0.2) is 9.78 Å². The minimum Gasteiger partial charge on any atom is -0.390 e. The van der Waals surface area contributed by atoms with Crippen LogP contribution in [0.1, 0.15) is 0 Å². The maximum atomic E-state index is 12.5. The lowest BCUT2D eigenvalue weighted by Gasteiger charge is -2.25. The van der Waals surface area contributed by atoms with Crippen molar-refractivity contribution in [3.05, 3.63) is 27.2 Å². The van der Waals surface area contributed by atoms with Crippen LogP contribution >= 0.6 is 0 Å². The van der Waals surface area contributed by atoms with Crippen LogP contribution in [0.25, 0.3) is 11.2 Å². The van der Waals surface area contributed by atoms with Crippen molar-refractivity contribution in [2.24, 2.45) is 14.1 Å². The summed E-state index contributed by atoms with van der Waals surface area (Å²) >= 11 is 0. The molecule has 2 rings (SSSR count). The zero-order valence-electron chi connectivity index (χ0n) is 13.1.